The van der Waals surface area contributed by atoms with Crippen LogP contribution in [0.1, 0.15) is 29.5 Å². The van der Waals surface area contributed by atoms with E-state index in [1.54, 1.807) is 7.11 Å². The van der Waals surface area contributed by atoms with E-state index in [4.69, 9.17) is 4.74 Å². The van der Waals surface area contributed by atoms with E-state index in [1.807, 2.05) is 36.4 Å². The third kappa shape index (κ3) is 2.36. The van der Waals surface area contributed by atoms with E-state index in [2.05, 4.69) is 5.32 Å². The summed E-state index contributed by atoms with van der Waals surface area (Å²) in [5.41, 5.74) is 1.55. The Bertz CT molecular complexity index is 881. The molecule has 128 valence electrons. The average Bonchev–Trinajstić information content (AvgIpc) is 3.11. The van der Waals surface area contributed by atoms with Crippen molar-refractivity contribution in [3.63, 3.8) is 0 Å². The van der Waals surface area contributed by atoms with Gasteiger partial charge in [0, 0.05) is 17.5 Å². The Morgan fingerprint density at radius 2 is 2.08 bits per heavy atom. The minimum atomic E-state index is -0.473. The quantitative estimate of drug-likeness (QED) is 0.505. The molecule has 0 saturated carbocycles. The second-order valence-electron chi connectivity index (χ2n) is 6.33. The number of rotatable bonds is 3. The maximum absolute atomic E-state index is 14.5. The number of nitrogens with zero attached hydrogens (tertiary/aromatic N) is 1. The molecule has 1 N–H and O–H groups in total. The molecule has 0 aromatic heterocycles. The molecule has 0 amide bonds. The Morgan fingerprint density at radius 1 is 1.28 bits per heavy atom. The summed E-state index contributed by atoms with van der Waals surface area (Å²) in [6, 6.07) is 9.84. The minimum Gasteiger partial charge on any atom is -0.496 e. The fourth-order valence-corrected chi connectivity index (χ4v) is 4.04. The number of nitro groups is 1. The zero-order valence-electron chi connectivity index (χ0n) is 13.6. The molecule has 1 aliphatic heterocycles. The summed E-state index contributed by atoms with van der Waals surface area (Å²) in [6.07, 6.45) is 4.75. The predicted molar refractivity (Wildman–Crippen MR) is 92.4 cm³/mol. The van der Waals surface area contributed by atoms with Crippen LogP contribution in [0, 0.1) is 21.8 Å². The molecule has 4 rings (SSSR count). The number of allylic oxidation sites excluding steroid dienone is 2. The Balaban J connectivity index is 1.89. The van der Waals surface area contributed by atoms with Crippen molar-refractivity contribution < 1.29 is 14.1 Å². The summed E-state index contributed by atoms with van der Waals surface area (Å²) >= 11 is 0. The molecule has 25 heavy (non-hydrogen) atoms. The standard InChI is InChI=1S/C19H17FN2O3/c1-25-16-8-3-2-5-13(16)18-12-7-4-6-11(12)17-15(22(23)24)10-9-14(20)19(17)21-18/h2-6,8-12,18,21H,7H2,1H3. The number of methoxy groups -OCH3 is 1. The highest BCUT2D eigenvalue weighted by Crippen LogP contribution is 2.54. The van der Waals surface area contributed by atoms with Crippen LogP contribution in [-0.4, -0.2) is 12.0 Å². The van der Waals surface area contributed by atoms with Crippen molar-refractivity contribution in [2.75, 3.05) is 12.4 Å². The largest absolute Gasteiger partial charge is 0.496 e. The van der Waals surface area contributed by atoms with Crippen LogP contribution in [0.25, 0.3) is 0 Å². The second kappa shape index (κ2) is 5.88. The molecule has 6 heteroatoms. The second-order valence-corrected chi connectivity index (χ2v) is 6.33. The maximum atomic E-state index is 14.5. The zero-order valence-corrected chi connectivity index (χ0v) is 13.6. The number of benzene rings is 2. The number of anilines is 1. The monoisotopic (exact) mass is 340 g/mol. The van der Waals surface area contributed by atoms with E-state index in [0.29, 0.717) is 5.56 Å². The highest BCUT2D eigenvalue weighted by atomic mass is 19.1. The molecule has 2 aromatic carbocycles. The van der Waals surface area contributed by atoms with E-state index < -0.39 is 10.7 Å². The first-order valence-corrected chi connectivity index (χ1v) is 8.14. The molecule has 1 aliphatic carbocycles. The van der Waals surface area contributed by atoms with Crippen LogP contribution >= 0.6 is 0 Å². The van der Waals surface area contributed by atoms with Crippen LogP contribution in [-0.2, 0) is 0 Å². The molecular weight excluding hydrogens is 323 g/mol. The Morgan fingerprint density at radius 3 is 2.84 bits per heavy atom. The first-order valence-electron chi connectivity index (χ1n) is 8.14. The normalized spacial score (nSPS) is 23.5. The van der Waals surface area contributed by atoms with Crippen LogP contribution in [0.4, 0.5) is 15.8 Å². The molecular formula is C19H17FN2O3. The molecule has 0 saturated heterocycles. The minimum absolute atomic E-state index is 0.0380. The van der Waals surface area contributed by atoms with Crippen molar-refractivity contribution in [1.82, 2.24) is 0 Å². The Labute approximate surface area is 144 Å². The molecule has 0 radical (unpaired) electrons. The van der Waals surface area contributed by atoms with Gasteiger partial charge in [-0.05, 0) is 24.5 Å². The van der Waals surface area contributed by atoms with Gasteiger partial charge in [0.2, 0.25) is 0 Å². The van der Waals surface area contributed by atoms with Gasteiger partial charge in [0.1, 0.15) is 11.6 Å². The third-order valence-electron chi connectivity index (χ3n) is 5.12. The number of para-hydroxylation sites is 1. The summed E-state index contributed by atoms with van der Waals surface area (Å²) in [4.78, 5) is 11.0. The molecule has 1 heterocycles. The highest BCUT2D eigenvalue weighted by Gasteiger charge is 2.43. The lowest BCUT2D eigenvalue weighted by Crippen LogP contribution is -2.30. The molecule has 0 spiro atoms. The molecule has 3 unspecified atom stereocenters. The average molecular weight is 340 g/mol. The number of fused-ring (bicyclic) bond motifs is 3. The van der Waals surface area contributed by atoms with Crippen LogP contribution in [0.2, 0.25) is 0 Å². The fourth-order valence-electron chi connectivity index (χ4n) is 4.04. The van der Waals surface area contributed by atoms with Crippen molar-refractivity contribution in [2.45, 2.75) is 18.4 Å². The lowest BCUT2D eigenvalue weighted by molar-refractivity contribution is -0.385. The highest BCUT2D eigenvalue weighted by molar-refractivity contribution is 5.68. The van der Waals surface area contributed by atoms with Crippen molar-refractivity contribution >= 4 is 11.4 Å². The number of hydrogen-bond acceptors (Lipinski definition) is 4. The molecule has 2 aliphatic rings. The van der Waals surface area contributed by atoms with E-state index in [0.717, 1.165) is 23.8 Å². The lowest BCUT2D eigenvalue weighted by Gasteiger charge is -2.37. The molecule has 3 atom stereocenters. The van der Waals surface area contributed by atoms with Crippen LogP contribution in [0.5, 0.6) is 5.75 Å². The van der Waals surface area contributed by atoms with Gasteiger partial charge >= 0.3 is 0 Å². The lowest BCUT2D eigenvalue weighted by atomic mass is 9.76. The molecule has 0 bridgehead atoms. The van der Waals surface area contributed by atoms with Gasteiger partial charge in [-0.3, -0.25) is 10.1 Å². The van der Waals surface area contributed by atoms with Gasteiger partial charge < -0.3 is 10.1 Å². The number of hydrogen-bond donors (Lipinski definition) is 1. The van der Waals surface area contributed by atoms with Crippen molar-refractivity contribution in [3.05, 3.63) is 75.6 Å². The van der Waals surface area contributed by atoms with Crippen LogP contribution in [0.15, 0.2) is 48.6 Å². The van der Waals surface area contributed by atoms with Gasteiger partial charge in [-0.15, -0.1) is 0 Å². The maximum Gasteiger partial charge on any atom is 0.275 e. The van der Waals surface area contributed by atoms with Crippen molar-refractivity contribution in [1.29, 1.82) is 0 Å². The number of nitro benzene ring substituents is 1. The third-order valence-corrected chi connectivity index (χ3v) is 5.12. The van der Waals surface area contributed by atoms with Gasteiger partial charge in [0.25, 0.3) is 5.69 Å². The van der Waals surface area contributed by atoms with Crippen LogP contribution < -0.4 is 10.1 Å². The zero-order chi connectivity index (χ0) is 17.6. The first kappa shape index (κ1) is 15.6. The van der Waals surface area contributed by atoms with Gasteiger partial charge in [-0.2, -0.15) is 0 Å². The number of ether oxygens (including phenoxy) is 1. The SMILES string of the molecule is COc1ccccc1C1Nc2c(F)ccc([N+](=O)[O-])c2C2C=CCC21. The van der Waals surface area contributed by atoms with Gasteiger partial charge in [-0.25, -0.2) is 4.39 Å². The predicted octanol–water partition coefficient (Wildman–Crippen LogP) is 4.57. The van der Waals surface area contributed by atoms with E-state index >= 15 is 0 Å². The summed E-state index contributed by atoms with van der Waals surface area (Å²) in [5, 5.41) is 14.7. The van der Waals surface area contributed by atoms with Gasteiger partial charge in [0.15, 0.2) is 0 Å². The molecule has 2 aromatic rings. The van der Waals surface area contributed by atoms with Gasteiger partial charge in [0.05, 0.1) is 29.3 Å². The summed E-state index contributed by atoms with van der Waals surface area (Å²) < 4.78 is 20.0. The number of halogens is 1. The Hall–Kier alpha value is -2.89. The van der Waals surface area contributed by atoms with Crippen molar-refractivity contribution in [3.8, 4) is 5.75 Å². The van der Waals surface area contributed by atoms with E-state index in [1.165, 1.54) is 6.07 Å². The topological polar surface area (TPSA) is 64.4 Å². The van der Waals surface area contributed by atoms with E-state index in [-0.39, 0.29) is 29.3 Å². The first-order chi connectivity index (χ1) is 12.1. The summed E-state index contributed by atoms with van der Waals surface area (Å²) in [6.45, 7) is 0. The molecule has 0 fully saturated rings. The fraction of sp³-hybridized carbons (Fsp3) is 0.263. The Kier molecular flexibility index (Phi) is 3.67. The van der Waals surface area contributed by atoms with E-state index in [9.17, 15) is 14.5 Å². The van der Waals surface area contributed by atoms with Crippen molar-refractivity contribution in [2.24, 2.45) is 5.92 Å². The summed E-state index contributed by atoms with van der Waals surface area (Å²) in [7, 11) is 1.60. The van der Waals surface area contributed by atoms with Crippen LogP contribution in [0.3, 0.4) is 0 Å². The van der Waals surface area contributed by atoms with Gasteiger partial charge in [-0.1, -0.05) is 30.4 Å². The summed E-state index contributed by atoms with van der Waals surface area (Å²) in [5.74, 6) is 0.130. The number of nitrogens with one attached hydrogen (secondary N) is 1. The smallest absolute Gasteiger partial charge is 0.275 e. The molecule has 5 nitrogen and oxygen atoms in total.